The SMILES string of the molecule is CN([C@@H]1CCCN(C(=O)OC(C)(C)C)C1)S(=O)(=O)c1cccc(CBr)c1. The fourth-order valence-electron chi connectivity index (χ4n) is 2.90. The second-order valence-electron chi connectivity index (χ2n) is 7.52. The van der Waals surface area contributed by atoms with E-state index in [1.807, 2.05) is 26.8 Å². The third kappa shape index (κ3) is 5.20. The maximum atomic E-state index is 13.0. The van der Waals surface area contributed by atoms with Gasteiger partial charge < -0.3 is 9.64 Å². The van der Waals surface area contributed by atoms with Crippen molar-refractivity contribution in [1.82, 2.24) is 9.21 Å². The van der Waals surface area contributed by atoms with Gasteiger partial charge in [-0.15, -0.1) is 0 Å². The standard InChI is InChI=1S/C18H27BrN2O4S/c1-18(2,3)25-17(22)21-10-6-8-15(13-21)20(4)26(23,24)16-9-5-7-14(11-16)12-19/h5,7,9,11,15H,6,8,10,12-13H2,1-4H3/t15-/m1/s1. The number of hydrogen-bond acceptors (Lipinski definition) is 4. The minimum atomic E-state index is -3.62. The summed E-state index contributed by atoms with van der Waals surface area (Å²) in [6.45, 7) is 6.38. The van der Waals surface area contributed by atoms with Crippen molar-refractivity contribution < 1.29 is 17.9 Å². The number of hydrogen-bond donors (Lipinski definition) is 0. The number of nitrogens with zero attached hydrogens (tertiary/aromatic N) is 2. The van der Waals surface area contributed by atoms with Gasteiger partial charge in [0.15, 0.2) is 0 Å². The summed E-state index contributed by atoms with van der Waals surface area (Å²) >= 11 is 3.35. The van der Waals surface area contributed by atoms with Gasteiger partial charge >= 0.3 is 6.09 Å². The fourth-order valence-corrected chi connectivity index (χ4v) is 4.69. The molecule has 1 aliphatic rings. The number of piperidine rings is 1. The van der Waals surface area contributed by atoms with Gasteiger partial charge in [0.25, 0.3) is 0 Å². The Morgan fingerprint density at radius 1 is 1.38 bits per heavy atom. The average molecular weight is 447 g/mol. The number of likely N-dealkylation sites (tertiary alicyclic amines) is 1. The van der Waals surface area contributed by atoms with E-state index in [1.165, 1.54) is 4.31 Å². The summed E-state index contributed by atoms with van der Waals surface area (Å²) in [4.78, 5) is 14.2. The van der Waals surface area contributed by atoms with Crippen molar-refractivity contribution >= 4 is 32.0 Å². The van der Waals surface area contributed by atoms with Crippen LogP contribution >= 0.6 is 15.9 Å². The summed E-state index contributed by atoms with van der Waals surface area (Å²) in [5, 5.41) is 0.593. The second-order valence-corrected chi connectivity index (χ2v) is 10.1. The fraction of sp³-hybridized carbons (Fsp3) is 0.611. The van der Waals surface area contributed by atoms with Gasteiger partial charge in [-0.1, -0.05) is 28.1 Å². The molecule has 6 nitrogen and oxygen atoms in total. The highest BCUT2D eigenvalue weighted by Gasteiger charge is 2.34. The second kappa shape index (κ2) is 8.27. The van der Waals surface area contributed by atoms with Gasteiger partial charge in [0.05, 0.1) is 4.90 Å². The van der Waals surface area contributed by atoms with Crippen LogP contribution in [0.25, 0.3) is 0 Å². The van der Waals surface area contributed by atoms with Gasteiger partial charge in [0.1, 0.15) is 5.60 Å². The van der Waals surface area contributed by atoms with Crippen molar-refractivity contribution in [3.8, 4) is 0 Å². The topological polar surface area (TPSA) is 66.9 Å². The number of amides is 1. The van der Waals surface area contributed by atoms with E-state index in [2.05, 4.69) is 15.9 Å². The lowest BCUT2D eigenvalue weighted by Gasteiger charge is -2.37. The molecule has 26 heavy (non-hydrogen) atoms. The molecule has 1 aromatic rings. The number of sulfonamides is 1. The molecule has 2 rings (SSSR count). The molecule has 8 heteroatoms. The van der Waals surface area contributed by atoms with Gasteiger partial charge in [0.2, 0.25) is 10.0 Å². The van der Waals surface area contributed by atoms with Crippen LogP contribution in [0.3, 0.4) is 0 Å². The van der Waals surface area contributed by atoms with Gasteiger partial charge in [-0.05, 0) is 51.3 Å². The molecule has 0 aliphatic carbocycles. The third-order valence-corrected chi connectivity index (χ3v) is 6.85. The lowest BCUT2D eigenvalue weighted by molar-refractivity contribution is 0.0163. The Morgan fingerprint density at radius 3 is 2.69 bits per heavy atom. The largest absolute Gasteiger partial charge is 0.444 e. The molecule has 1 amide bonds. The van der Waals surface area contributed by atoms with E-state index in [9.17, 15) is 13.2 Å². The Balaban J connectivity index is 2.15. The first-order chi connectivity index (χ1) is 12.0. The highest BCUT2D eigenvalue weighted by molar-refractivity contribution is 9.08. The predicted molar refractivity (Wildman–Crippen MR) is 105 cm³/mol. The molecular weight excluding hydrogens is 420 g/mol. The van der Waals surface area contributed by atoms with Gasteiger partial charge in [-0.2, -0.15) is 4.31 Å². The Morgan fingerprint density at radius 2 is 2.08 bits per heavy atom. The average Bonchev–Trinajstić information content (AvgIpc) is 2.59. The van der Waals surface area contributed by atoms with Crippen molar-refractivity contribution in [2.24, 2.45) is 0 Å². The number of halogens is 1. The zero-order chi connectivity index (χ0) is 19.5. The van der Waals surface area contributed by atoms with E-state index in [1.54, 1.807) is 30.1 Å². The van der Waals surface area contributed by atoms with Crippen LogP contribution in [0.1, 0.15) is 39.2 Å². The Kier molecular flexibility index (Phi) is 6.74. The van der Waals surface area contributed by atoms with Gasteiger partial charge in [-0.3, -0.25) is 0 Å². The molecule has 1 fully saturated rings. The summed E-state index contributed by atoms with van der Waals surface area (Å²) < 4.78 is 32.8. The Hall–Kier alpha value is -1.12. The number of carbonyl (C=O) groups excluding carboxylic acids is 1. The zero-order valence-electron chi connectivity index (χ0n) is 15.7. The molecule has 1 aliphatic heterocycles. The van der Waals surface area contributed by atoms with Crippen molar-refractivity contribution in [3.05, 3.63) is 29.8 Å². The molecule has 0 N–H and O–H groups in total. The lowest BCUT2D eigenvalue weighted by atomic mass is 10.1. The zero-order valence-corrected chi connectivity index (χ0v) is 18.1. The van der Waals surface area contributed by atoms with Crippen molar-refractivity contribution in [3.63, 3.8) is 0 Å². The molecule has 1 heterocycles. The molecule has 146 valence electrons. The van der Waals surface area contributed by atoms with Crippen LogP contribution in [-0.2, 0) is 20.1 Å². The molecule has 0 spiro atoms. The third-order valence-electron chi connectivity index (χ3n) is 4.29. The van der Waals surface area contributed by atoms with E-state index < -0.39 is 21.7 Å². The summed E-state index contributed by atoms with van der Waals surface area (Å²) in [6.07, 6.45) is 1.06. The van der Waals surface area contributed by atoms with Crippen LogP contribution < -0.4 is 0 Å². The molecule has 1 saturated heterocycles. The highest BCUT2D eigenvalue weighted by atomic mass is 79.9. The molecule has 1 aromatic carbocycles. The molecular formula is C18H27BrN2O4S. The summed E-state index contributed by atoms with van der Waals surface area (Å²) in [5.74, 6) is 0. The number of rotatable bonds is 4. The summed E-state index contributed by atoms with van der Waals surface area (Å²) in [6, 6.07) is 6.62. The van der Waals surface area contributed by atoms with E-state index in [0.29, 0.717) is 24.8 Å². The first-order valence-electron chi connectivity index (χ1n) is 8.65. The minimum Gasteiger partial charge on any atom is -0.444 e. The number of ether oxygens (including phenoxy) is 1. The van der Waals surface area contributed by atoms with Crippen LogP contribution in [0.5, 0.6) is 0 Å². The summed E-state index contributed by atoms with van der Waals surface area (Å²) in [5.41, 5.74) is 0.330. The number of alkyl halides is 1. The molecule has 0 unspecified atom stereocenters. The van der Waals surface area contributed by atoms with Crippen LogP contribution in [0.2, 0.25) is 0 Å². The van der Waals surface area contributed by atoms with Crippen molar-refractivity contribution in [2.75, 3.05) is 20.1 Å². The van der Waals surface area contributed by atoms with E-state index in [4.69, 9.17) is 4.74 Å². The Labute approximate surface area is 164 Å². The van der Waals surface area contributed by atoms with Crippen LogP contribution in [0.15, 0.2) is 29.2 Å². The maximum Gasteiger partial charge on any atom is 0.410 e. The minimum absolute atomic E-state index is 0.270. The lowest BCUT2D eigenvalue weighted by Crippen LogP contribution is -2.51. The van der Waals surface area contributed by atoms with E-state index >= 15 is 0 Å². The van der Waals surface area contributed by atoms with Crippen LogP contribution in [0.4, 0.5) is 4.79 Å². The normalized spacial score (nSPS) is 18.8. The molecule has 0 bridgehead atoms. The molecule has 0 radical (unpaired) electrons. The molecule has 1 atom stereocenters. The van der Waals surface area contributed by atoms with E-state index in [0.717, 1.165) is 12.0 Å². The quantitative estimate of drug-likeness (QED) is 0.662. The van der Waals surface area contributed by atoms with Crippen molar-refractivity contribution in [2.45, 2.75) is 55.5 Å². The monoisotopic (exact) mass is 446 g/mol. The highest BCUT2D eigenvalue weighted by Crippen LogP contribution is 2.24. The first-order valence-corrected chi connectivity index (χ1v) is 11.2. The number of benzene rings is 1. The smallest absolute Gasteiger partial charge is 0.410 e. The molecule has 0 saturated carbocycles. The maximum absolute atomic E-state index is 13.0. The van der Waals surface area contributed by atoms with E-state index in [-0.39, 0.29) is 10.9 Å². The van der Waals surface area contributed by atoms with Crippen LogP contribution in [-0.4, -0.2) is 55.5 Å². The molecule has 0 aromatic heterocycles. The summed E-state index contributed by atoms with van der Waals surface area (Å²) in [7, 11) is -2.04. The van der Waals surface area contributed by atoms with Crippen molar-refractivity contribution in [1.29, 1.82) is 0 Å². The van der Waals surface area contributed by atoms with Crippen LogP contribution in [0, 0.1) is 0 Å². The van der Waals surface area contributed by atoms with Gasteiger partial charge in [0, 0.05) is 31.5 Å². The first kappa shape index (κ1) is 21.2. The predicted octanol–water partition coefficient (Wildman–Crippen LogP) is 3.60. The van der Waals surface area contributed by atoms with Gasteiger partial charge in [-0.25, -0.2) is 13.2 Å². The Bertz CT molecular complexity index is 746. The number of carbonyl (C=O) groups is 1. The number of likely N-dealkylation sites (N-methyl/N-ethyl adjacent to an activating group) is 1.